The highest BCUT2D eigenvalue weighted by Crippen LogP contribution is 2.29. The number of carbonyl (C=O) groups is 1. The highest BCUT2D eigenvalue weighted by molar-refractivity contribution is 7.09. The Labute approximate surface area is 115 Å². The molecule has 0 radical (unpaired) electrons. The molecule has 19 heavy (non-hydrogen) atoms. The molecule has 1 fully saturated rings. The molecule has 0 aliphatic heterocycles. The van der Waals surface area contributed by atoms with Gasteiger partial charge >= 0.3 is 0 Å². The second-order valence-corrected chi connectivity index (χ2v) is 5.67. The van der Waals surface area contributed by atoms with Crippen molar-refractivity contribution in [2.45, 2.75) is 32.4 Å². The molecule has 0 spiro atoms. The minimum absolute atomic E-state index is 0.0544. The van der Waals surface area contributed by atoms with Crippen molar-refractivity contribution in [2.75, 3.05) is 0 Å². The quantitative estimate of drug-likeness (QED) is 0.856. The van der Waals surface area contributed by atoms with Gasteiger partial charge in [-0.3, -0.25) is 9.78 Å². The summed E-state index contributed by atoms with van der Waals surface area (Å²) in [7, 11) is 0. The monoisotopic (exact) mass is 274 g/mol. The van der Waals surface area contributed by atoms with E-state index in [2.05, 4.69) is 15.0 Å². The van der Waals surface area contributed by atoms with Gasteiger partial charge in [-0.05, 0) is 19.8 Å². The van der Waals surface area contributed by atoms with Gasteiger partial charge in [-0.1, -0.05) is 0 Å². The average Bonchev–Trinajstić information content (AvgIpc) is 3.20. The first kappa shape index (κ1) is 12.2. The second-order valence-electron chi connectivity index (χ2n) is 4.61. The van der Waals surface area contributed by atoms with Crippen LogP contribution in [0.4, 0.5) is 0 Å². The fourth-order valence-electron chi connectivity index (χ4n) is 1.96. The first-order chi connectivity index (χ1) is 9.24. The Morgan fingerprint density at radius 1 is 1.47 bits per heavy atom. The van der Waals surface area contributed by atoms with Gasteiger partial charge in [0.15, 0.2) is 0 Å². The first-order valence-electron chi connectivity index (χ1n) is 6.22. The molecular weight excluding hydrogens is 260 g/mol. The Hall–Kier alpha value is -1.82. The lowest BCUT2D eigenvalue weighted by Crippen LogP contribution is -2.33. The van der Waals surface area contributed by atoms with Gasteiger partial charge in [-0.25, -0.2) is 9.97 Å². The van der Waals surface area contributed by atoms with E-state index in [1.54, 1.807) is 23.7 Å². The van der Waals surface area contributed by atoms with Crippen LogP contribution in [-0.2, 0) is 6.54 Å². The minimum atomic E-state index is -0.0544. The number of carbonyl (C=O) groups excluding carboxylic acids is 1. The Kier molecular flexibility index (Phi) is 3.25. The summed E-state index contributed by atoms with van der Waals surface area (Å²) in [5, 5.41) is 3.03. The number of thiazole rings is 1. The van der Waals surface area contributed by atoms with E-state index in [4.69, 9.17) is 0 Å². The molecule has 0 aromatic carbocycles. The Morgan fingerprint density at radius 2 is 2.32 bits per heavy atom. The van der Waals surface area contributed by atoms with Crippen molar-refractivity contribution in [3.05, 3.63) is 40.4 Å². The summed E-state index contributed by atoms with van der Waals surface area (Å²) in [4.78, 5) is 26.8. The van der Waals surface area contributed by atoms with Gasteiger partial charge in [0.25, 0.3) is 5.91 Å². The molecule has 1 amide bonds. The molecule has 2 aromatic heterocycles. The summed E-state index contributed by atoms with van der Waals surface area (Å²) < 4.78 is 0. The molecule has 1 aliphatic rings. The molecule has 0 N–H and O–H groups in total. The van der Waals surface area contributed by atoms with Crippen LogP contribution in [0.25, 0.3) is 0 Å². The minimum Gasteiger partial charge on any atom is -0.328 e. The maximum Gasteiger partial charge on any atom is 0.274 e. The van der Waals surface area contributed by atoms with Crippen molar-refractivity contribution < 1.29 is 4.79 Å². The van der Waals surface area contributed by atoms with Gasteiger partial charge in [-0.15, -0.1) is 11.3 Å². The first-order valence-corrected chi connectivity index (χ1v) is 7.10. The lowest BCUT2D eigenvalue weighted by Gasteiger charge is -2.20. The molecule has 2 heterocycles. The Balaban J connectivity index is 1.79. The summed E-state index contributed by atoms with van der Waals surface area (Å²) in [6.07, 6.45) is 6.77. The molecule has 6 heteroatoms. The molecule has 3 rings (SSSR count). The molecule has 0 saturated heterocycles. The molecule has 0 bridgehead atoms. The van der Waals surface area contributed by atoms with Gasteiger partial charge < -0.3 is 4.90 Å². The fourth-order valence-corrected chi connectivity index (χ4v) is 2.57. The van der Waals surface area contributed by atoms with Crippen LogP contribution in [-0.4, -0.2) is 31.8 Å². The summed E-state index contributed by atoms with van der Waals surface area (Å²) in [5.41, 5.74) is 1.35. The normalized spacial score (nSPS) is 14.4. The van der Waals surface area contributed by atoms with Gasteiger partial charge in [0, 0.05) is 23.8 Å². The van der Waals surface area contributed by atoms with Crippen molar-refractivity contribution in [3.63, 3.8) is 0 Å². The summed E-state index contributed by atoms with van der Waals surface area (Å²) in [5.74, 6) is -0.0544. The third kappa shape index (κ3) is 2.78. The number of hydrogen-bond donors (Lipinski definition) is 0. The van der Waals surface area contributed by atoms with E-state index < -0.39 is 0 Å². The SMILES string of the molecule is Cc1nc(CN(C(=O)c2cnccn2)C2CC2)cs1. The summed E-state index contributed by atoms with van der Waals surface area (Å²) in [6.45, 7) is 2.53. The molecule has 1 saturated carbocycles. The van der Waals surface area contributed by atoms with Gasteiger partial charge in [0.2, 0.25) is 0 Å². The maximum absolute atomic E-state index is 12.4. The van der Waals surface area contributed by atoms with Gasteiger partial charge in [0.1, 0.15) is 5.69 Å². The van der Waals surface area contributed by atoms with Crippen LogP contribution < -0.4 is 0 Å². The zero-order valence-corrected chi connectivity index (χ0v) is 11.4. The molecule has 98 valence electrons. The number of hydrogen-bond acceptors (Lipinski definition) is 5. The van der Waals surface area contributed by atoms with E-state index in [1.165, 1.54) is 6.20 Å². The van der Waals surface area contributed by atoms with Crippen molar-refractivity contribution in [3.8, 4) is 0 Å². The van der Waals surface area contributed by atoms with Crippen molar-refractivity contribution in [1.82, 2.24) is 19.9 Å². The molecular formula is C13H14N4OS. The molecule has 2 aromatic rings. The van der Waals surface area contributed by atoms with Gasteiger partial charge in [0.05, 0.1) is 23.4 Å². The molecule has 0 unspecified atom stereocenters. The lowest BCUT2D eigenvalue weighted by atomic mass is 10.3. The van der Waals surface area contributed by atoms with Crippen LogP contribution in [0.5, 0.6) is 0 Å². The van der Waals surface area contributed by atoms with Crippen molar-refractivity contribution in [1.29, 1.82) is 0 Å². The average molecular weight is 274 g/mol. The van der Waals surface area contributed by atoms with E-state index in [9.17, 15) is 4.79 Å². The van der Waals surface area contributed by atoms with E-state index in [1.807, 2.05) is 17.2 Å². The molecule has 0 atom stereocenters. The third-order valence-electron chi connectivity index (χ3n) is 3.03. The Morgan fingerprint density at radius 3 is 2.89 bits per heavy atom. The van der Waals surface area contributed by atoms with E-state index in [0.29, 0.717) is 18.3 Å². The maximum atomic E-state index is 12.4. The van der Waals surface area contributed by atoms with E-state index >= 15 is 0 Å². The molecule has 1 aliphatic carbocycles. The fraction of sp³-hybridized carbons (Fsp3) is 0.385. The largest absolute Gasteiger partial charge is 0.328 e. The summed E-state index contributed by atoms with van der Waals surface area (Å²) in [6, 6.07) is 0.330. The van der Waals surface area contributed by atoms with Crippen molar-refractivity contribution in [2.24, 2.45) is 0 Å². The standard InChI is InChI=1S/C13H14N4OS/c1-9-16-10(8-19-9)7-17(11-2-3-11)13(18)12-6-14-4-5-15-12/h4-6,8,11H,2-3,7H2,1H3. The van der Waals surface area contributed by atoms with E-state index in [-0.39, 0.29) is 5.91 Å². The molecule has 5 nitrogen and oxygen atoms in total. The van der Waals surface area contributed by atoms with Crippen LogP contribution in [0.15, 0.2) is 24.0 Å². The van der Waals surface area contributed by atoms with Gasteiger partial charge in [-0.2, -0.15) is 0 Å². The zero-order chi connectivity index (χ0) is 13.2. The Bertz CT molecular complexity index is 579. The highest BCUT2D eigenvalue weighted by Gasteiger charge is 2.34. The predicted molar refractivity (Wildman–Crippen MR) is 71.8 cm³/mol. The van der Waals surface area contributed by atoms with Crippen LogP contribution in [0.2, 0.25) is 0 Å². The van der Waals surface area contributed by atoms with Crippen molar-refractivity contribution >= 4 is 17.2 Å². The van der Waals surface area contributed by atoms with Crippen LogP contribution in [0.1, 0.15) is 34.0 Å². The predicted octanol–water partition coefficient (Wildman–Crippen LogP) is 2.05. The number of aryl methyl sites for hydroxylation is 1. The van der Waals surface area contributed by atoms with Crippen LogP contribution >= 0.6 is 11.3 Å². The number of aromatic nitrogens is 3. The number of amides is 1. The highest BCUT2D eigenvalue weighted by atomic mass is 32.1. The topological polar surface area (TPSA) is 59.0 Å². The third-order valence-corrected chi connectivity index (χ3v) is 3.85. The summed E-state index contributed by atoms with van der Waals surface area (Å²) >= 11 is 1.61. The number of rotatable bonds is 4. The second kappa shape index (κ2) is 5.05. The lowest BCUT2D eigenvalue weighted by molar-refractivity contribution is 0.0721. The van der Waals surface area contributed by atoms with Crippen LogP contribution in [0.3, 0.4) is 0 Å². The van der Waals surface area contributed by atoms with E-state index in [0.717, 1.165) is 23.5 Å². The number of nitrogens with zero attached hydrogens (tertiary/aromatic N) is 4. The smallest absolute Gasteiger partial charge is 0.274 e. The van der Waals surface area contributed by atoms with Crippen LogP contribution in [0, 0.1) is 6.92 Å². The zero-order valence-electron chi connectivity index (χ0n) is 10.6.